The highest BCUT2D eigenvalue weighted by atomic mass is 32.2. The van der Waals surface area contributed by atoms with Crippen LogP contribution in [-0.4, -0.2) is 47.6 Å². The van der Waals surface area contributed by atoms with Gasteiger partial charge in [0.2, 0.25) is 10.0 Å². The van der Waals surface area contributed by atoms with Gasteiger partial charge < -0.3 is 9.47 Å². The number of nitrogens with zero attached hydrogens (tertiary/aromatic N) is 2. The van der Waals surface area contributed by atoms with E-state index in [4.69, 9.17) is 9.47 Å². The van der Waals surface area contributed by atoms with Crippen molar-refractivity contribution in [2.24, 2.45) is 5.10 Å². The molecule has 0 atom stereocenters. The van der Waals surface area contributed by atoms with Crippen LogP contribution >= 0.6 is 0 Å². The standard InChI is InChI=1S/C20H25N3O5S/c1-14-6-7-15(2)18(10-14)23(29(5,25)26)13-20(24)22-21-12-16-11-17(27-3)8-9-19(16)28-4/h6-12H,13H2,1-5H3,(H,22,24)/b21-12-. The summed E-state index contributed by atoms with van der Waals surface area (Å²) in [6, 6.07) is 10.6. The Balaban J connectivity index is 2.18. The third-order valence-corrected chi connectivity index (χ3v) is 5.28. The van der Waals surface area contributed by atoms with Crippen LogP contribution in [0, 0.1) is 13.8 Å². The Kier molecular flexibility index (Phi) is 7.22. The molecule has 0 saturated carbocycles. The predicted octanol–water partition coefficient (Wildman–Crippen LogP) is 2.24. The van der Waals surface area contributed by atoms with Crippen molar-refractivity contribution in [3.63, 3.8) is 0 Å². The summed E-state index contributed by atoms with van der Waals surface area (Å²) in [5.41, 5.74) is 5.05. The average molecular weight is 420 g/mol. The summed E-state index contributed by atoms with van der Waals surface area (Å²) < 4.78 is 36.0. The van der Waals surface area contributed by atoms with E-state index in [1.165, 1.54) is 20.4 Å². The highest BCUT2D eigenvalue weighted by Crippen LogP contribution is 2.24. The molecule has 0 saturated heterocycles. The molecule has 0 fully saturated rings. The van der Waals surface area contributed by atoms with Gasteiger partial charge in [0, 0.05) is 5.56 Å². The number of hydrazone groups is 1. The van der Waals surface area contributed by atoms with Gasteiger partial charge in [0.15, 0.2) is 0 Å². The molecular formula is C20H25N3O5S. The molecule has 0 aliphatic carbocycles. The summed E-state index contributed by atoms with van der Waals surface area (Å²) in [4.78, 5) is 12.4. The van der Waals surface area contributed by atoms with Crippen LogP contribution in [0.2, 0.25) is 0 Å². The molecule has 2 aromatic carbocycles. The number of anilines is 1. The van der Waals surface area contributed by atoms with Crippen LogP contribution in [0.15, 0.2) is 41.5 Å². The fourth-order valence-corrected chi connectivity index (χ4v) is 3.55. The van der Waals surface area contributed by atoms with Crippen molar-refractivity contribution in [2.75, 3.05) is 31.3 Å². The minimum atomic E-state index is -3.67. The van der Waals surface area contributed by atoms with Crippen molar-refractivity contribution in [1.29, 1.82) is 0 Å². The first-order valence-corrected chi connectivity index (χ1v) is 10.6. The summed E-state index contributed by atoms with van der Waals surface area (Å²) >= 11 is 0. The summed E-state index contributed by atoms with van der Waals surface area (Å²) in [6.45, 7) is 3.25. The fraction of sp³-hybridized carbons (Fsp3) is 0.300. The van der Waals surface area contributed by atoms with Crippen LogP contribution in [-0.2, 0) is 14.8 Å². The normalized spacial score (nSPS) is 11.3. The van der Waals surface area contributed by atoms with E-state index in [0.717, 1.165) is 21.7 Å². The Hall–Kier alpha value is -3.07. The molecule has 9 heteroatoms. The minimum absolute atomic E-state index is 0.393. The number of hydrogen-bond donors (Lipinski definition) is 1. The number of benzene rings is 2. The highest BCUT2D eigenvalue weighted by molar-refractivity contribution is 7.92. The first-order valence-electron chi connectivity index (χ1n) is 8.74. The number of carbonyl (C=O) groups is 1. The quantitative estimate of drug-likeness (QED) is 0.523. The number of nitrogens with one attached hydrogen (secondary N) is 1. The van der Waals surface area contributed by atoms with E-state index >= 15 is 0 Å². The van der Waals surface area contributed by atoms with Crippen molar-refractivity contribution < 1.29 is 22.7 Å². The van der Waals surface area contributed by atoms with Gasteiger partial charge in [-0.05, 0) is 49.2 Å². The molecule has 0 spiro atoms. The van der Waals surface area contributed by atoms with Crippen molar-refractivity contribution in [1.82, 2.24) is 5.43 Å². The molecule has 1 N–H and O–H groups in total. The Morgan fingerprint density at radius 3 is 2.48 bits per heavy atom. The first kappa shape index (κ1) is 22.2. The van der Waals surface area contributed by atoms with Gasteiger partial charge in [0.25, 0.3) is 5.91 Å². The van der Waals surface area contributed by atoms with Gasteiger partial charge in [-0.2, -0.15) is 5.10 Å². The second kappa shape index (κ2) is 9.42. The molecule has 0 unspecified atom stereocenters. The molecule has 1 amide bonds. The molecule has 0 aromatic heterocycles. The molecule has 0 aliphatic heterocycles. The largest absolute Gasteiger partial charge is 0.497 e. The van der Waals surface area contributed by atoms with E-state index in [1.807, 2.05) is 19.1 Å². The molecule has 29 heavy (non-hydrogen) atoms. The Labute approximate surface area is 171 Å². The van der Waals surface area contributed by atoms with Gasteiger partial charge in [-0.25, -0.2) is 13.8 Å². The Morgan fingerprint density at radius 1 is 1.14 bits per heavy atom. The molecule has 0 aliphatic rings. The van der Waals surface area contributed by atoms with Gasteiger partial charge in [0.05, 0.1) is 32.4 Å². The van der Waals surface area contributed by atoms with Crippen molar-refractivity contribution in [3.05, 3.63) is 53.1 Å². The van der Waals surface area contributed by atoms with Gasteiger partial charge >= 0.3 is 0 Å². The molecular weight excluding hydrogens is 394 g/mol. The second-order valence-corrected chi connectivity index (χ2v) is 8.37. The summed E-state index contributed by atoms with van der Waals surface area (Å²) in [7, 11) is -0.606. The first-order chi connectivity index (χ1) is 13.7. The zero-order valence-electron chi connectivity index (χ0n) is 17.1. The molecule has 8 nitrogen and oxygen atoms in total. The van der Waals surface area contributed by atoms with E-state index in [0.29, 0.717) is 22.7 Å². The second-order valence-electron chi connectivity index (χ2n) is 6.46. The lowest BCUT2D eigenvalue weighted by Gasteiger charge is -2.23. The fourth-order valence-electron chi connectivity index (χ4n) is 2.65. The van der Waals surface area contributed by atoms with Crippen LogP contribution in [0.25, 0.3) is 0 Å². The summed E-state index contributed by atoms with van der Waals surface area (Å²) in [5, 5.41) is 3.91. The maximum Gasteiger partial charge on any atom is 0.260 e. The summed E-state index contributed by atoms with van der Waals surface area (Å²) in [6.07, 6.45) is 2.47. The SMILES string of the molecule is COc1ccc(OC)c(/C=N\NC(=O)CN(c2cc(C)ccc2C)S(C)(=O)=O)c1. The topological polar surface area (TPSA) is 97.3 Å². The number of carbonyl (C=O) groups excluding carboxylic acids is 1. The zero-order valence-corrected chi connectivity index (χ0v) is 17.9. The van der Waals surface area contributed by atoms with Crippen LogP contribution in [0.5, 0.6) is 11.5 Å². The lowest BCUT2D eigenvalue weighted by Crippen LogP contribution is -2.39. The molecule has 2 rings (SSSR count). The lowest BCUT2D eigenvalue weighted by atomic mass is 10.1. The zero-order chi connectivity index (χ0) is 21.6. The molecule has 0 radical (unpaired) electrons. The van der Waals surface area contributed by atoms with Crippen molar-refractivity contribution in [2.45, 2.75) is 13.8 Å². The lowest BCUT2D eigenvalue weighted by molar-refractivity contribution is -0.119. The number of sulfonamides is 1. The van der Waals surface area contributed by atoms with Gasteiger partial charge in [-0.15, -0.1) is 0 Å². The number of methoxy groups -OCH3 is 2. The van der Waals surface area contributed by atoms with Crippen LogP contribution in [0.3, 0.4) is 0 Å². The van der Waals surface area contributed by atoms with Crippen LogP contribution in [0.4, 0.5) is 5.69 Å². The van der Waals surface area contributed by atoms with Crippen LogP contribution < -0.4 is 19.2 Å². The van der Waals surface area contributed by atoms with E-state index in [9.17, 15) is 13.2 Å². The van der Waals surface area contributed by atoms with Gasteiger partial charge in [-0.3, -0.25) is 9.10 Å². The number of ether oxygens (including phenoxy) is 2. The van der Waals surface area contributed by atoms with Crippen LogP contribution in [0.1, 0.15) is 16.7 Å². The Bertz CT molecular complexity index is 1020. The molecule has 2 aromatic rings. The maximum absolute atomic E-state index is 12.4. The Morgan fingerprint density at radius 2 is 1.86 bits per heavy atom. The van der Waals surface area contributed by atoms with E-state index < -0.39 is 22.5 Å². The number of aryl methyl sites for hydroxylation is 2. The molecule has 0 heterocycles. The van der Waals surface area contributed by atoms with E-state index in [1.54, 1.807) is 31.2 Å². The monoisotopic (exact) mass is 419 g/mol. The highest BCUT2D eigenvalue weighted by Gasteiger charge is 2.22. The smallest absolute Gasteiger partial charge is 0.260 e. The summed E-state index contributed by atoms with van der Waals surface area (Å²) in [5.74, 6) is 0.586. The molecule has 156 valence electrons. The van der Waals surface area contributed by atoms with E-state index in [2.05, 4.69) is 10.5 Å². The van der Waals surface area contributed by atoms with Gasteiger partial charge in [-0.1, -0.05) is 12.1 Å². The number of hydrogen-bond acceptors (Lipinski definition) is 6. The predicted molar refractivity (Wildman–Crippen MR) is 113 cm³/mol. The number of amides is 1. The third-order valence-electron chi connectivity index (χ3n) is 4.15. The maximum atomic E-state index is 12.4. The minimum Gasteiger partial charge on any atom is -0.497 e. The number of rotatable bonds is 8. The molecule has 0 bridgehead atoms. The van der Waals surface area contributed by atoms with Crippen molar-refractivity contribution >= 4 is 27.8 Å². The van der Waals surface area contributed by atoms with Crippen molar-refractivity contribution in [3.8, 4) is 11.5 Å². The average Bonchev–Trinajstić information content (AvgIpc) is 2.67. The van der Waals surface area contributed by atoms with E-state index in [-0.39, 0.29) is 0 Å². The third kappa shape index (κ3) is 5.95. The van der Waals surface area contributed by atoms with Gasteiger partial charge in [0.1, 0.15) is 18.0 Å².